The van der Waals surface area contributed by atoms with Crippen LogP contribution in [0.5, 0.6) is 11.5 Å². The summed E-state index contributed by atoms with van der Waals surface area (Å²) in [5.74, 6) is 0.152. The molecule has 2 heterocycles. The second kappa shape index (κ2) is 13.7. The first-order valence-electron chi connectivity index (χ1n) is 13.7. The number of ketones is 1. The molecule has 0 bridgehead atoms. The van der Waals surface area contributed by atoms with Gasteiger partial charge in [-0.15, -0.1) is 10.2 Å². The summed E-state index contributed by atoms with van der Waals surface area (Å²) in [4.78, 5) is 28.3. The van der Waals surface area contributed by atoms with Crippen LogP contribution in [0.4, 0.5) is 5.13 Å². The average Bonchev–Trinajstić information content (AvgIpc) is 3.60. The van der Waals surface area contributed by atoms with Gasteiger partial charge in [0, 0.05) is 11.3 Å². The molecule has 0 saturated carbocycles. The second-order valence-electron chi connectivity index (χ2n) is 9.65. The number of carbonyl (C=O) groups excluding carboxylic acids is 2. The predicted octanol–water partition coefficient (Wildman–Crippen LogP) is 7.03. The fourth-order valence-electron chi connectivity index (χ4n) is 4.62. The Labute approximate surface area is 253 Å². The van der Waals surface area contributed by atoms with E-state index in [0.29, 0.717) is 39.3 Å². The van der Waals surface area contributed by atoms with E-state index in [9.17, 15) is 14.7 Å². The van der Waals surface area contributed by atoms with Gasteiger partial charge in [0.1, 0.15) is 17.3 Å². The van der Waals surface area contributed by atoms with Gasteiger partial charge in [0.15, 0.2) is 4.34 Å². The minimum Gasteiger partial charge on any atom is -0.507 e. The zero-order valence-corrected chi connectivity index (χ0v) is 25.0. The Hall–Kier alpha value is -4.15. The van der Waals surface area contributed by atoms with Gasteiger partial charge >= 0.3 is 5.91 Å². The van der Waals surface area contributed by atoms with Crippen molar-refractivity contribution in [3.63, 3.8) is 0 Å². The van der Waals surface area contributed by atoms with Gasteiger partial charge in [0.05, 0.1) is 25.3 Å². The van der Waals surface area contributed by atoms with Crippen molar-refractivity contribution in [2.45, 2.75) is 42.3 Å². The molecule has 5 rings (SSSR count). The number of ether oxygens (including phenoxy) is 2. The van der Waals surface area contributed by atoms with Crippen LogP contribution in [0.3, 0.4) is 0 Å². The van der Waals surface area contributed by atoms with Crippen molar-refractivity contribution in [3.8, 4) is 11.5 Å². The molecule has 1 aliphatic heterocycles. The van der Waals surface area contributed by atoms with Crippen molar-refractivity contribution in [3.05, 3.63) is 101 Å². The molecule has 1 aliphatic rings. The van der Waals surface area contributed by atoms with Crippen LogP contribution in [0.1, 0.15) is 48.9 Å². The number of amides is 1. The van der Waals surface area contributed by atoms with Crippen LogP contribution < -0.4 is 14.4 Å². The van der Waals surface area contributed by atoms with E-state index in [1.807, 2.05) is 54.6 Å². The Kier molecular flexibility index (Phi) is 9.55. The van der Waals surface area contributed by atoms with Crippen molar-refractivity contribution in [2.24, 2.45) is 0 Å². The van der Waals surface area contributed by atoms with Gasteiger partial charge in [0.25, 0.3) is 5.78 Å². The number of carbonyl (C=O) groups is 2. The van der Waals surface area contributed by atoms with Gasteiger partial charge in [-0.05, 0) is 53.9 Å². The monoisotopic (exact) mass is 601 g/mol. The second-order valence-corrected chi connectivity index (χ2v) is 11.8. The summed E-state index contributed by atoms with van der Waals surface area (Å²) in [5.41, 5.74) is 2.15. The van der Waals surface area contributed by atoms with Crippen LogP contribution >= 0.6 is 23.1 Å². The Morgan fingerprint density at radius 1 is 0.952 bits per heavy atom. The lowest BCUT2D eigenvalue weighted by atomic mass is 9.95. The Morgan fingerprint density at radius 3 is 2.36 bits per heavy atom. The first-order valence-corrected chi connectivity index (χ1v) is 15.5. The van der Waals surface area contributed by atoms with Crippen molar-refractivity contribution in [2.75, 3.05) is 18.6 Å². The summed E-state index contributed by atoms with van der Waals surface area (Å²) < 4.78 is 11.8. The summed E-state index contributed by atoms with van der Waals surface area (Å²) in [5, 5.41) is 20.2. The third-order valence-corrected chi connectivity index (χ3v) is 8.95. The molecule has 1 aromatic heterocycles. The number of Topliss-reactive ketones (excluding diaryl/α,β-unsaturated/α-hetero) is 1. The summed E-state index contributed by atoms with van der Waals surface area (Å²) in [6.07, 6.45) is 3.15. The predicted molar refractivity (Wildman–Crippen MR) is 165 cm³/mol. The largest absolute Gasteiger partial charge is 0.507 e. The highest BCUT2D eigenvalue weighted by Crippen LogP contribution is 2.44. The maximum absolute atomic E-state index is 13.5. The van der Waals surface area contributed by atoms with Crippen LogP contribution in [0.15, 0.2) is 88.8 Å². The van der Waals surface area contributed by atoms with Gasteiger partial charge in [-0.1, -0.05) is 85.3 Å². The van der Waals surface area contributed by atoms with E-state index in [-0.39, 0.29) is 16.5 Å². The number of methoxy groups -OCH3 is 1. The Bertz CT molecular complexity index is 1550. The van der Waals surface area contributed by atoms with Gasteiger partial charge in [-0.25, -0.2) is 0 Å². The lowest BCUT2D eigenvalue weighted by Crippen LogP contribution is -2.29. The van der Waals surface area contributed by atoms with E-state index in [2.05, 4.69) is 17.1 Å². The molecular formula is C32H31N3O5S2. The van der Waals surface area contributed by atoms with E-state index in [0.717, 1.165) is 24.8 Å². The normalized spacial score (nSPS) is 16.1. The van der Waals surface area contributed by atoms with E-state index in [4.69, 9.17) is 9.47 Å². The first kappa shape index (κ1) is 29.3. The number of aliphatic hydroxyl groups is 1. The molecule has 3 aromatic carbocycles. The van der Waals surface area contributed by atoms with E-state index >= 15 is 0 Å². The van der Waals surface area contributed by atoms with Gasteiger partial charge in [-0.2, -0.15) is 0 Å². The molecule has 0 aliphatic carbocycles. The van der Waals surface area contributed by atoms with E-state index in [1.165, 1.54) is 28.0 Å². The molecule has 1 fully saturated rings. The first-order chi connectivity index (χ1) is 20.5. The molecule has 8 nitrogen and oxygen atoms in total. The topological polar surface area (TPSA) is 102 Å². The number of rotatable bonds is 12. The van der Waals surface area contributed by atoms with Crippen LogP contribution in [-0.4, -0.2) is 40.7 Å². The molecule has 10 heteroatoms. The molecule has 1 amide bonds. The highest BCUT2D eigenvalue weighted by molar-refractivity contribution is 8.00. The highest BCUT2D eigenvalue weighted by atomic mass is 32.2. The number of aromatic nitrogens is 2. The lowest BCUT2D eigenvalue weighted by Gasteiger charge is -2.22. The fourth-order valence-corrected chi connectivity index (χ4v) is 6.44. The average molecular weight is 602 g/mol. The van der Waals surface area contributed by atoms with Crippen molar-refractivity contribution in [1.29, 1.82) is 0 Å². The molecule has 42 heavy (non-hydrogen) atoms. The molecular weight excluding hydrogens is 571 g/mol. The number of thioether (sulfide) groups is 1. The van der Waals surface area contributed by atoms with Crippen molar-refractivity contribution < 1.29 is 24.2 Å². The highest BCUT2D eigenvalue weighted by Gasteiger charge is 2.48. The zero-order valence-electron chi connectivity index (χ0n) is 23.4. The fraction of sp³-hybridized carbons (Fsp3) is 0.250. The Balaban J connectivity index is 1.49. The number of unbranched alkanes of at least 4 members (excludes halogenated alkanes) is 2. The summed E-state index contributed by atoms with van der Waals surface area (Å²) in [6.45, 7) is 2.75. The van der Waals surface area contributed by atoms with Crippen molar-refractivity contribution in [1.82, 2.24) is 10.2 Å². The lowest BCUT2D eigenvalue weighted by molar-refractivity contribution is -0.132. The number of aliphatic hydroxyl groups excluding tert-OH is 1. The molecule has 1 atom stereocenters. The van der Waals surface area contributed by atoms with Crippen LogP contribution in [0.25, 0.3) is 5.76 Å². The summed E-state index contributed by atoms with van der Waals surface area (Å²) >= 11 is 2.74. The minimum absolute atomic E-state index is 0.0181. The van der Waals surface area contributed by atoms with Crippen LogP contribution in [0.2, 0.25) is 0 Å². The van der Waals surface area contributed by atoms with Crippen LogP contribution in [0, 0.1) is 0 Å². The van der Waals surface area contributed by atoms with Crippen LogP contribution in [-0.2, 0) is 15.3 Å². The minimum atomic E-state index is -0.902. The van der Waals surface area contributed by atoms with E-state index in [1.54, 1.807) is 31.4 Å². The van der Waals surface area contributed by atoms with Gasteiger partial charge in [-0.3, -0.25) is 14.5 Å². The van der Waals surface area contributed by atoms with Gasteiger partial charge < -0.3 is 14.6 Å². The molecule has 216 valence electrons. The molecule has 1 N–H and O–H groups in total. The molecule has 1 saturated heterocycles. The smallest absolute Gasteiger partial charge is 0.301 e. The maximum atomic E-state index is 13.5. The summed E-state index contributed by atoms with van der Waals surface area (Å²) in [7, 11) is 1.55. The quantitative estimate of drug-likeness (QED) is 0.0461. The van der Waals surface area contributed by atoms with E-state index < -0.39 is 17.7 Å². The molecule has 4 aromatic rings. The number of benzene rings is 3. The summed E-state index contributed by atoms with van der Waals surface area (Å²) in [6, 6.07) is 23.0. The number of anilines is 1. The number of hydrogen-bond donors (Lipinski definition) is 1. The third-order valence-electron chi connectivity index (χ3n) is 6.83. The van der Waals surface area contributed by atoms with Gasteiger partial charge in [0.2, 0.25) is 5.13 Å². The Morgan fingerprint density at radius 2 is 1.67 bits per heavy atom. The molecule has 1 unspecified atom stereocenters. The third kappa shape index (κ3) is 6.50. The zero-order chi connectivity index (χ0) is 29.5. The molecule has 0 radical (unpaired) electrons. The molecule has 0 spiro atoms. The number of nitrogens with zero attached hydrogens (tertiary/aromatic N) is 3. The van der Waals surface area contributed by atoms with Crippen molar-refractivity contribution >= 4 is 45.7 Å². The number of hydrogen-bond acceptors (Lipinski definition) is 9. The maximum Gasteiger partial charge on any atom is 0.301 e. The standard InChI is InChI=1S/C32H31N3O5S2/c1-3-4-8-19-40-25-17-11-22(12-18-25)27-26(28(36)23-13-15-24(39-2)16-14-23)29(37)30(38)35(27)31-33-34-32(42-31)41-20-21-9-6-5-7-10-21/h5-7,9-18,27,36H,3-4,8,19-20H2,1-2H3/b28-26-. The SMILES string of the molecule is CCCCCOc1ccc(C2/C(=C(/O)c3ccc(OC)cc3)C(=O)C(=O)N2c2nnc(SCc3ccccc3)s2)cc1.